The Morgan fingerprint density at radius 2 is 2.28 bits per heavy atom. The molecule has 0 bridgehead atoms. The molecule has 0 aliphatic heterocycles. The Kier molecular flexibility index (Phi) is 5.77. The molecule has 5 nitrogen and oxygen atoms in total. The number of pyridine rings is 1. The summed E-state index contributed by atoms with van der Waals surface area (Å²) in [6.45, 7) is 4.96. The minimum absolute atomic E-state index is 0.0518. The predicted molar refractivity (Wildman–Crippen MR) is 74.3 cm³/mol. The predicted octanol–water partition coefficient (Wildman–Crippen LogP) is 1.01. The third kappa shape index (κ3) is 4.44. The highest BCUT2D eigenvalue weighted by Gasteiger charge is 2.10. The van der Waals surface area contributed by atoms with Crippen molar-refractivity contribution in [1.29, 1.82) is 0 Å². The van der Waals surface area contributed by atoms with E-state index in [9.17, 15) is 9.00 Å². The van der Waals surface area contributed by atoms with Crippen LogP contribution in [-0.2, 0) is 10.8 Å². The van der Waals surface area contributed by atoms with E-state index in [4.69, 9.17) is 0 Å². The van der Waals surface area contributed by atoms with E-state index >= 15 is 0 Å². The van der Waals surface area contributed by atoms with Crippen LogP contribution in [0.25, 0.3) is 0 Å². The van der Waals surface area contributed by atoms with Crippen LogP contribution in [0.4, 0.5) is 5.82 Å². The summed E-state index contributed by atoms with van der Waals surface area (Å²) in [5.41, 5.74) is 0.551. The summed E-state index contributed by atoms with van der Waals surface area (Å²) in [6.07, 6.45) is 3.22. The molecule has 1 rings (SSSR count). The zero-order valence-electron chi connectivity index (χ0n) is 10.9. The van der Waals surface area contributed by atoms with Gasteiger partial charge in [-0.15, -0.1) is 0 Å². The molecule has 0 aliphatic rings. The molecule has 2 atom stereocenters. The SMILES string of the molecule is CCNc1cc(C(=O)NCC(C)S(C)=O)ccn1. The van der Waals surface area contributed by atoms with E-state index in [2.05, 4.69) is 15.6 Å². The van der Waals surface area contributed by atoms with Gasteiger partial charge < -0.3 is 10.6 Å². The molecule has 6 heteroatoms. The summed E-state index contributed by atoms with van der Waals surface area (Å²) < 4.78 is 11.2. The summed E-state index contributed by atoms with van der Waals surface area (Å²) in [4.78, 5) is 16.0. The number of hydrogen-bond donors (Lipinski definition) is 2. The van der Waals surface area contributed by atoms with Crippen molar-refractivity contribution in [3.8, 4) is 0 Å². The van der Waals surface area contributed by atoms with Gasteiger partial charge in [0.25, 0.3) is 5.91 Å². The van der Waals surface area contributed by atoms with Gasteiger partial charge in [0.15, 0.2) is 0 Å². The zero-order valence-corrected chi connectivity index (χ0v) is 11.7. The second kappa shape index (κ2) is 7.10. The minimum Gasteiger partial charge on any atom is -0.370 e. The first kappa shape index (κ1) is 14.6. The van der Waals surface area contributed by atoms with Crippen molar-refractivity contribution < 1.29 is 9.00 Å². The fourth-order valence-electron chi connectivity index (χ4n) is 1.31. The van der Waals surface area contributed by atoms with Gasteiger partial charge in [0, 0.05) is 47.2 Å². The smallest absolute Gasteiger partial charge is 0.251 e. The number of nitrogens with zero attached hydrogens (tertiary/aromatic N) is 1. The lowest BCUT2D eigenvalue weighted by molar-refractivity contribution is 0.0954. The Labute approximate surface area is 110 Å². The molecule has 1 heterocycles. The first-order chi connectivity index (χ1) is 8.54. The number of aromatic nitrogens is 1. The van der Waals surface area contributed by atoms with Crippen LogP contribution in [0, 0.1) is 0 Å². The van der Waals surface area contributed by atoms with Crippen LogP contribution in [0.2, 0.25) is 0 Å². The van der Waals surface area contributed by atoms with Crippen LogP contribution in [-0.4, -0.2) is 39.7 Å². The van der Waals surface area contributed by atoms with Crippen molar-refractivity contribution in [3.63, 3.8) is 0 Å². The first-order valence-corrected chi connectivity index (χ1v) is 7.47. The number of amides is 1. The topological polar surface area (TPSA) is 71.1 Å². The average Bonchev–Trinajstić information content (AvgIpc) is 2.36. The van der Waals surface area contributed by atoms with Gasteiger partial charge in [0.1, 0.15) is 5.82 Å². The Balaban J connectivity index is 2.61. The van der Waals surface area contributed by atoms with Crippen molar-refractivity contribution >= 4 is 22.5 Å². The van der Waals surface area contributed by atoms with Crippen molar-refractivity contribution in [1.82, 2.24) is 10.3 Å². The van der Waals surface area contributed by atoms with Crippen LogP contribution in [0.15, 0.2) is 18.3 Å². The normalized spacial score (nSPS) is 13.7. The van der Waals surface area contributed by atoms with E-state index < -0.39 is 10.8 Å². The quantitative estimate of drug-likeness (QED) is 0.808. The number of carbonyl (C=O) groups excluding carboxylic acids is 1. The van der Waals surface area contributed by atoms with Crippen LogP contribution in [0.5, 0.6) is 0 Å². The molecule has 18 heavy (non-hydrogen) atoms. The Bertz CT molecular complexity index is 437. The molecule has 2 N–H and O–H groups in total. The summed E-state index contributed by atoms with van der Waals surface area (Å²) in [6, 6.07) is 3.36. The molecule has 1 aromatic rings. The van der Waals surface area contributed by atoms with Crippen molar-refractivity contribution in [2.45, 2.75) is 19.1 Å². The molecular weight excluding hydrogens is 250 g/mol. The number of rotatable bonds is 6. The number of nitrogens with one attached hydrogen (secondary N) is 2. The van der Waals surface area contributed by atoms with E-state index in [0.717, 1.165) is 6.54 Å². The summed E-state index contributed by atoms with van der Waals surface area (Å²) in [7, 11) is -0.930. The summed E-state index contributed by atoms with van der Waals surface area (Å²) in [5, 5.41) is 5.76. The summed E-state index contributed by atoms with van der Waals surface area (Å²) >= 11 is 0. The molecule has 100 valence electrons. The van der Waals surface area contributed by atoms with Gasteiger partial charge in [0.2, 0.25) is 0 Å². The van der Waals surface area contributed by atoms with Gasteiger partial charge in [-0.25, -0.2) is 4.98 Å². The van der Waals surface area contributed by atoms with Crippen LogP contribution in [0.1, 0.15) is 24.2 Å². The number of carbonyl (C=O) groups is 1. The van der Waals surface area contributed by atoms with Gasteiger partial charge in [-0.05, 0) is 26.0 Å². The van der Waals surface area contributed by atoms with E-state index in [-0.39, 0.29) is 11.2 Å². The minimum atomic E-state index is -0.930. The Morgan fingerprint density at radius 3 is 2.89 bits per heavy atom. The second-order valence-corrected chi connectivity index (χ2v) is 5.78. The largest absolute Gasteiger partial charge is 0.370 e. The van der Waals surface area contributed by atoms with Gasteiger partial charge in [0.05, 0.1) is 0 Å². The van der Waals surface area contributed by atoms with Crippen molar-refractivity contribution in [3.05, 3.63) is 23.9 Å². The van der Waals surface area contributed by atoms with E-state index in [1.165, 1.54) is 0 Å². The van der Waals surface area contributed by atoms with Gasteiger partial charge in [-0.1, -0.05) is 0 Å². The van der Waals surface area contributed by atoms with Crippen LogP contribution in [0.3, 0.4) is 0 Å². The number of anilines is 1. The molecule has 0 radical (unpaired) electrons. The molecule has 1 amide bonds. The molecular formula is C12H19N3O2S. The molecule has 0 spiro atoms. The molecule has 0 saturated carbocycles. The lowest BCUT2D eigenvalue weighted by Crippen LogP contribution is -2.32. The molecule has 2 unspecified atom stereocenters. The van der Waals surface area contributed by atoms with E-state index in [1.807, 2.05) is 13.8 Å². The van der Waals surface area contributed by atoms with Crippen molar-refractivity contribution in [2.75, 3.05) is 24.7 Å². The van der Waals surface area contributed by atoms with Crippen LogP contribution < -0.4 is 10.6 Å². The molecule has 0 fully saturated rings. The standard InChI is InChI=1S/C12H19N3O2S/c1-4-13-11-7-10(5-6-14-11)12(16)15-8-9(2)18(3)17/h5-7,9H,4,8H2,1-3H3,(H,13,14)(H,15,16). The highest BCUT2D eigenvalue weighted by atomic mass is 32.2. The second-order valence-electron chi connectivity index (χ2n) is 3.98. The highest BCUT2D eigenvalue weighted by Crippen LogP contribution is 2.06. The third-order valence-corrected chi connectivity index (χ3v) is 3.80. The van der Waals surface area contributed by atoms with Gasteiger partial charge in [-0.2, -0.15) is 0 Å². The van der Waals surface area contributed by atoms with E-state index in [1.54, 1.807) is 24.6 Å². The van der Waals surface area contributed by atoms with Gasteiger partial charge in [-0.3, -0.25) is 9.00 Å². The Morgan fingerprint density at radius 1 is 1.56 bits per heavy atom. The maximum absolute atomic E-state index is 11.9. The fraction of sp³-hybridized carbons (Fsp3) is 0.500. The fourth-order valence-corrected chi connectivity index (χ4v) is 1.62. The molecule has 0 aromatic carbocycles. The average molecular weight is 269 g/mol. The number of hydrogen-bond acceptors (Lipinski definition) is 4. The monoisotopic (exact) mass is 269 g/mol. The first-order valence-electron chi connectivity index (χ1n) is 5.85. The maximum atomic E-state index is 11.9. The van der Waals surface area contributed by atoms with Crippen molar-refractivity contribution in [2.24, 2.45) is 0 Å². The maximum Gasteiger partial charge on any atom is 0.251 e. The summed E-state index contributed by atoms with van der Waals surface area (Å²) in [5.74, 6) is 0.506. The highest BCUT2D eigenvalue weighted by molar-refractivity contribution is 7.84. The molecule has 0 aliphatic carbocycles. The molecule has 0 saturated heterocycles. The van der Waals surface area contributed by atoms with Crippen LogP contribution >= 0.6 is 0 Å². The Hall–Kier alpha value is -1.43. The molecule has 1 aromatic heterocycles. The van der Waals surface area contributed by atoms with Gasteiger partial charge >= 0.3 is 0 Å². The van der Waals surface area contributed by atoms with E-state index in [0.29, 0.717) is 17.9 Å². The lowest BCUT2D eigenvalue weighted by Gasteiger charge is -2.10. The third-order valence-electron chi connectivity index (χ3n) is 2.50. The zero-order chi connectivity index (χ0) is 13.5. The lowest BCUT2D eigenvalue weighted by atomic mass is 10.2.